The van der Waals surface area contributed by atoms with E-state index in [1.54, 1.807) is 0 Å². The smallest absolute Gasteiger partial charge is 0.419 e. The van der Waals surface area contributed by atoms with E-state index in [0.717, 1.165) is 10.6 Å². The monoisotopic (exact) mass is 413 g/mol. The Balaban J connectivity index is 1.85. The molecule has 1 N–H and O–H groups in total. The Labute approximate surface area is 160 Å². The second kappa shape index (κ2) is 7.94. The van der Waals surface area contributed by atoms with Crippen LogP contribution < -0.4 is 10.3 Å². The highest BCUT2D eigenvalue weighted by Gasteiger charge is 2.34. The maximum absolute atomic E-state index is 13.5. The van der Waals surface area contributed by atoms with E-state index in [2.05, 4.69) is 10.1 Å². The number of fused-ring (bicyclic) bond motifs is 1. The zero-order valence-corrected chi connectivity index (χ0v) is 15.0. The van der Waals surface area contributed by atoms with Gasteiger partial charge in [-0.2, -0.15) is 13.2 Å². The number of rotatable bonds is 6. The lowest BCUT2D eigenvalue weighted by atomic mass is 10.1. The molecule has 3 aromatic rings. The van der Waals surface area contributed by atoms with Gasteiger partial charge in [-0.1, -0.05) is 0 Å². The van der Waals surface area contributed by atoms with Crippen LogP contribution in [0.5, 0.6) is 5.88 Å². The number of benzene rings is 1. The molecule has 0 unspecified atom stereocenters. The van der Waals surface area contributed by atoms with Crippen molar-refractivity contribution in [2.45, 2.75) is 19.5 Å². The zero-order chi connectivity index (χ0) is 21.2. The molecule has 2 heterocycles. The standard InChI is InChI=1S/C18H15F4N3O4/c1-10(26)28-5-2-6-29-16-8-15-17(27)23-14(9-25(15)24-16)11-3-4-13(19)12(7-11)18(20,21)22/h3-4,7-9H,2,5-6H2,1H3,(H,23,27). The molecule has 0 radical (unpaired) electrons. The van der Waals surface area contributed by atoms with Crippen LogP contribution >= 0.6 is 0 Å². The number of carbonyl (C=O) groups is 1. The number of ether oxygens (including phenoxy) is 2. The summed E-state index contributed by atoms with van der Waals surface area (Å²) in [5.41, 5.74) is -1.94. The van der Waals surface area contributed by atoms with Crippen LogP contribution in [0.2, 0.25) is 0 Å². The number of hydrogen-bond acceptors (Lipinski definition) is 5. The van der Waals surface area contributed by atoms with Crippen molar-refractivity contribution >= 4 is 11.5 Å². The first kappa shape index (κ1) is 20.4. The summed E-state index contributed by atoms with van der Waals surface area (Å²) in [6, 6.07) is 3.78. The van der Waals surface area contributed by atoms with Crippen LogP contribution in [-0.2, 0) is 15.7 Å². The van der Waals surface area contributed by atoms with E-state index < -0.39 is 29.1 Å². The highest BCUT2D eigenvalue weighted by atomic mass is 19.4. The Hall–Kier alpha value is -3.37. The fourth-order valence-corrected chi connectivity index (χ4v) is 2.56. The number of aromatic amines is 1. The minimum absolute atomic E-state index is 0.0255. The summed E-state index contributed by atoms with van der Waals surface area (Å²) in [5.74, 6) is -1.70. The van der Waals surface area contributed by atoms with Crippen molar-refractivity contribution in [1.82, 2.24) is 14.6 Å². The maximum Gasteiger partial charge on any atom is 0.419 e. The van der Waals surface area contributed by atoms with Crippen molar-refractivity contribution < 1.29 is 31.8 Å². The first-order valence-electron chi connectivity index (χ1n) is 8.41. The van der Waals surface area contributed by atoms with Gasteiger partial charge in [-0.25, -0.2) is 8.91 Å². The number of alkyl halides is 3. The molecule has 7 nitrogen and oxygen atoms in total. The molecule has 29 heavy (non-hydrogen) atoms. The largest absolute Gasteiger partial charge is 0.476 e. The van der Waals surface area contributed by atoms with Crippen LogP contribution in [-0.4, -0.2) is 33.8 Å². The third-order valence-corrected chi connectivity index (χ3v) is 3.87. The predicted molar refractivity (Wildman–Crippen MR) is 93.0 cm³/mol. The molecule has 0 fully saturated rings. The zero-order valence-electron chi connectivity index (χ0n) is 15.0. The first-order valence-corrected chi connectivity index (χ1v) is 8.41. The van der Waals surface area contributed by atoms with Crippen LogP contribution in [0.1, 0.15) is 18.9 Å². The normalized spacial score (nSPS) is 11.6. The van der Waals surface area contributed by atoms with Gasteiger partial charge in [0.2, 0.25) is 5.88 Å². The average molecular weight is 413 g/mol. The Bertz CT molecular complexity index is 1100. The molecule has 0 amide bonds. The molecule has 0 saturated heterocycles. The molecule has 2 aromatic heterocycles. The lowest BCUT2D eigenvalue weighted by Gasteiger charge is -2.10. The predicted octanol–water partition coefficient (Wildman–Crippen LogP) is 3.18. The van der Waals surface area contributed by atoms with E-state index in [4.69, 9.17) is 9.47 Å². The molecule has 0 aliphatic carbocycles. The van der Waals surface area contributed by atoms with Gasteiger partial charge in [-0.3, -0.25) is 9.59 Å². The van der Waals surface area contributed by atoms with Gasteiger partial charge in [0.05, 0.1) is 30.7 Å². The molecule has 11 heteroatoms. The van der Waals surface area contributed by atoms with Crippen LogP contribution in [0, 0.1) is 5.82 Å². The molecular weight excluding hydrogens is 398 g/mol. The number of halogens is 4. The Morgan fingerprint density at radius 3 is 2.69 bits per heavy atom. The van der Waals surface area contributed by atoms with E-state index in [1.807, 2.05) is 0 Å². The van der Waals surface area contributed by atoms with E-state index in [9.17, 15) is 27.2 Å². The summed E-state index contributed by atoms with van der Waals surface area (Å²) >= 11 is 0. The molecule has 3 rings (SSSR count). The quantitative estimate of drug-likeness (QED) is 0.381. The second-order valence-corrected chi connectivity index (χ2v) is 6.04. The SMILES string of the molecule is CC(=O)OCCCOc1cc2c(=O)[nH]c(-c3ccc(F)c(C(F)(F)F)c3)cn2n1. The topological polar surface area (TPSA) is 85.7 Å². The first-order chi connectivity index (χ1) is 13.6. The average Bonchev–Trinajstić information content (AvgIpc) is 3.04. The minimum atomic E-state index is -4.87. The number of hydrogen-bond donors (Lipinski definition) is 1. The Morgan fingerprint density at radius 1 is 1.24 bits per heavy atom. The number of nitrogens with zero attached hydrogens (tertiary/aromatic N) is 2. The van der Waals surface area contributed by atoms with Gasteiger partial charge in [0.1, 0.15) is 11.3 Å². The molecule has 0 atom stereocenters. The van der Waals surface area contributed by atoms with Crippen molar-refractivity contribution in [3.63, 3.8) is 0 Å². The third-order valence-electron chi connectivity index (χ3n) is 3.87. The van der Waals surface area contributed by atoms with Crippen LogP contribution in [0.25, 0.3) is 16.8 Å². The fraction of sp³-hybridized carbons (Fsp3) is 0.278. The molecule has 0 spiro atoms. The molecule has 0 aliphatic heterocycles. The summed E-state index contributed by atoms with van der Waals surface area (Å²) in [5, 5.41) is 4.05. The number of carbonyl (C=O) groups excluding carboxylic acids is 1. The molecule has 154 valence electrons. The van der Waals surface area contributed by atoms with E-state index in [1.165, 1.54) is 19.2 Å². The lowest BCUT2D eigenvalue weighted by Crippen LogP contribution is -2.12. The number of esters is 1. The van der Waals surface area contributed by atoms with Gasteiger partial charge < -0.3 is 14.5 Å². The third kappa shape index (κ3) is 4.73. The van der Waals surface area contributed by atoms with Crippen molar-refractivity contribution in [3.05, 3.63) is 52.2 Å². The van der Waals surface area contributed by atoms with Gasteiger partial charge in [0.15, 0.2) is 0 Å². The Morgan fingerprint density at radius 2 is 2.00 bits per heavy atom. The van der Waals surface area contributed by atoms with Gasteiger partial charge >= 0.3 is 12.1 Å². The summed E-state index contributed by atoms with van der Waals surface area (Å²) in [4.78, 5) is 25.4. The van der Waals surface area contributed by atoms with Crippen LogP contribution in [0.15, 0.2) is 35.3 Å². The molecule has 0 bridgehead atoms. The summed E-state index contributed by atoms with van der Waals surface area (Å²) < 4.78 is 63.5. The highest BCUT2D eigenvalue weighted by molar-refractivity contribution is 5.65. The lowest BCUT2D eigenvalue weighted by molar-refractivity contribution is -0.141. The molecular formula is C18H15F4N3O4. The summed E-state index contributed by atoms with van der Waals surface area (Å²) in [7, 11) is 0. The van der Waals surface area contributed by atoms with Crippen molar-refractivity contribution in [2.24, 2.45) is 0 Å². The minimum Gasteiger partial charge on any atom is -0.476 e. The molecule has 0 aliphatic rings. The Kier molecular flexibility index (Phi) is 5.57. The van der Waals surface area contributed by atoms with E-state index in [0.29, 0.717) is 18.6 Å². The van der Waals surface area contributed by atoms with Crippen LogP contribution in [0.4, 0.5) is 17.6 Å². The number of nitrogens with one attached hydrogen (secondary N) is 1. The van der Waals surface area contributed by atoms with Crippen molar-refractivity contribution in [2.75, 3.05) is 13.2 Å². The second-order valence-electron chi connectivity index (χ2n) is 6.04. The van der Waals surface area contributed by atoms with Crippen molar-refractivity contribution in [3.8, 4) is 17.1 Å². The molecule has 0 saturated carbocycles. The van der Waals surface area contributed by atoms with Crippen molar-refractivity contribution in [1.29, 1.82) is 0 Å². The van der Waals surface area contributed by atoms with Crippen LogP contribution in [0.3, 0.4) is 0 Å². The summed E-state index contributed by atoms with van der Waals surface area (Å²) in [6.07, 6.45) is -3.16. The van der Waals surface area contributed by atoms with E-state index >= 15 is 0 Å². The highest BCUT2D eigenvalue weighted by Crippen LogP contribution is 2.33. The van der Waals surface area contributed by atoms with Gasteiger partial charge in [-0.15, -0.1) is 5.10 Å². The van der Waals surface area contributed by atoms with Gasteiger partial charge in [0, 0.05) is 25.0 Å². The van der Waals surface area contributed by atoms with Gasteiger partial charge in [-0.05, 0) is 18.2 Å². The summed E-state index contributed by atoms with van der Waals surface area (Å²) in [6.45, 7) is 1.62. The number of aromatic nitrogens is 3. The fourth-order valence-electron chi connectivity index (χ4n) is 2.56. The van der Waals surface area contributed by atoms with Gasteiger partial charge in [0.25, 0.3) is 5.56 Å². The maximum atomic E-state index is 13.5. The van der Waals surface area contributed by atoms with E-state index in [-0.39, 0.29) is 35.9 Å². The molecule has 1 aromatic carbocycles. The number of H-pyrrole nitrogens is 1.